The van der Waals surface area contributed by atoms with Gasteiger partial charge >= 0.3 is 0 Å². The molecule has 1 heterocycles. The first-order valence-electron chi connectivity index (χ1n) is 3.67. The van der Waals surface area contributed by atoms with Gasteiger partial charge in [-0.1, -0.05) is 0 Å². The van der Waals surface area contributed by atoms with E-state index in [1.807, 2.05) is 0 Å². The van der Waals surface area contributed by atoms with Crippen LogP contribution < -0.4 is 5.73 Å². The molecule has 0 saturated carbocycles. The molecular weight excluding hydrogens is 196 g/mol. The van der Waals surface area contributed by atoms with Gasteiger partial charge in [0.1, 0.15) is 5.69 Å². The Morgan fingerprint density at radius 3 is 2.71 bits per heavy atom. The third kappa shape index (κ3) is 1.99. The lowest BCUT2D eigenvalue weighted by Gasteiger charge is -2.01. The highest BCUT2D eigenvalue weighted by Crippen LogP contribution is 2.23. The molecule has 1 rings (SSSR count). The van der Waals surface area contributed by atoms with Crippen molar-refractivity contribution >= 4 is 5.69 Å². The third-order valence-electron chi connectivity index (χ3n) is 1.62. The van der Waals surface area contributed by atoms with Gasteiger partial charge in [0.05, 0.1) is 10.5 Å². The Morgan fingerprint density at radius 1 is 1.64 bits per heavy atom. The predicted molar refractivity (Wildman–Crippen MR) is 43.7 cm³/mol. The summed E-state index contributed by atoms with van der Waals surface area (Å²) in [5.41, 5.74) is 4.29. The van der Waals surface area contributed by atoms with Gasteiger partial charge < -0.3 is 5.73 Å². The van der Waals surface area contributed by atoms with Crippen molar-refractivity contribution in [2.75, 3.05) is 0 Å². The van der Waals surface area contributed by atoms with Crippen LogP contribution in [0.5, 0.6) is 0 Å². The van der Waals surface area contributed by atoms with Crippen LogP contribution in [0.2, 0.25) is 0 Å². The lowest BCUT2D eigenvalue weighted by Crippen LogP contribution is -2.04. The van der Waals surface area contributed by atoms with Gasteiger partial charge in [0.15, 0.2) is 0 Å². The number of hydrogen-bond acceptors (Lipinski definition) is 4. The molecule has 0 aromatic carbocycles. The summed E-state index contributed by atoms with van der Waals surface area (Å²) < 4.78 is 24.3. The summed E-state index contributed by atoms with van der Waals surface area (Å²) in [6, 6.07) is 0.743. The first-order chi connectivity index (χ1) is 6.56. The fourth-order valence-corrected chi connectivity index (χ4v) is 0.935. The number of nitrogens with zero attached hydrogens (tertiary/aromatic N) is 2. The molecule has 0 amide bonds. The lowest BCUT2D eigenvalue weighted by atomic mass is 10.2. The van der Waals surface area contributed by atoms with Gasteiger partial charge in [0.25, 0.3) is 12.1 Å². The van der Waals surface area contributed by atoms with E-state index in [0.717, 1.165) is 12.3 Å². The molecule has 14 heavy (non-hydrogen) atoms. The van der Waals surface area contributed by atoms with E-state index in [2.05, 4.69) is 4.98 Å². The molecule has 1 aromatic heterocycles. The molecule has 5 nitrogen and oxygen atoms in total. The Bertz CT molecular complexity index is 357. The van der Waals surface area contributed by atoms with E-state index >= 15 is 0 Å². The molecule has 1 aromatic rings. The molecule has 76 valence electrons. The largest absolute Gasteiger partial charge is 0.326 e. The Balaban J connectivity index is 3.21. The van der Waals surface area contributed by atoms with E-state index in [1.54, 1.807) is 0 Å². The molecule has 7 heteroatoms. The SMILES string of the molecule is NCc1cnc(C(F)F)cc1[N+](=O)[O-]. The van der Waals surface area contributed by atoms with E-state index in [-0.39, 0.29) is 12.1 Å². The summed E-state index contributed by atoms with van der Waals surface area (Å²) in [6.07, 6.45) is -1.82. The van der Waals surface area contributed by atoms with Crippen LogP contribution in [0.4, 0.5) is 14.5 Å². The van der Waals surface area contributed by atoms with E-state index in [1.165, 1.54) is 0 Å². The maximum absolute atomic E-state index is 12.1. The second kappa shape index (κ2) is 4.05. The second-order valence-electron chi connectivity index (χ2n) is 2.50. The number of nitro groups is 1. The first kappa shape index (κ1) is 10.5. The first-order valence-corrected chi connectivity index (χ1v) is 3.67. The monoisotopic (exact) mass is 203 g/mol. The van der Waals surface area contributed by atoms with Crippen LogP contribution in [0.15, 0.2) is 12.3 Å². The minimum atomic E-state index is -2.82. The van der Waals surface area contributed by atoms with Crippen molar-refractivity contribution < 1.29 is 13.7 Å². The van der Waals surface area contributed by atoms with Crippen LogP contribution in [0.1, 0.15) is 17.7 Å². The maximum atomic E-state index is 12.1. The zero-order valence-corrected chi connectivity index (χ0v) is 6.98. The molecule has 2 N–H and O–H groups in total. The Labute approximate surface area is 77.7 Å². The van der Waals surface area contributed by atoms with Crippen LogP contribution in [0, 0.1) is 10.1 Å². The fourth-order valence-electron chi connectivity index (χ4n) is 0.935. The Hall–Kier alpha value is -1.63. The van der Waals surface area contributed by atoms with Crippen molar-refractivity contribution in [1.29, 1.82) is 0 Å². The van der Waals surface area contributed by atoms with E-state index in [9.17, 15) is 18.9 Å². The van der Waals surface area contributed by atoms with E-state index in [0.29, 0.717) is 0 Å². The van der Waals surface area contributed by atoms with Crippen molar-refractivity contribution in [3.05, 3.63) is 33.6 Å². The van der Waals surface area contributed by atoms with E-state index < -0.39 is 22.7 Å². The summed E-state index contributed by atoms with van der Waals surface area (Å²) >= 11 is 0. The molecule has 0 unspecified atom stereocenters. The number of halogens is 2. The smallest absolute Gasteiger partial charge is 0.280 e. The standard InChI is InChI=1S/C7H7F2N3O2/c8-7(9)5-1-6(12(13)14)4(2-10)3-11-5/h1,3,7H,2,10H2. The number of nitrogens with two attached hydrogens (primary N) is 1. The van der Waals surface area contributed by atoms with Crippen molar-refractivity contribution in [3.8, 4) is 0 Å². The maximum Gasteiger partial charge on any atom is 0.280 e. The van der Waals surface area contributed by atoms with Crippen LogP contribution in [-0.4, -0.2) is 9.91 Å². The number of pyridine rings is 1. The van der Waals surface area contributed by atoms with Gasteiger partial charge in [-0.25, -0.2) is 8.78 Å². The van der Waals surface area contributed by atoms with Gasteiger partial charge in [0.2, 0.25) is 0 Å². The summed E-state index contributed by atoms with van der Waals surface area (Å²) in [6.45, 7) is -0.104. The molecule has 0 bridgehead atoms. The summed E-state index contributed by atoms with van der Waals surface area (Å²) in [5, 5.41) is 10.4. The molecule has 0 radical (unpaired) electrons. The number of rotatable bonds is 3. The number of hydrogen-bond donors (Lipinski definition) is 1. The molecule has 0 aliphatic heterocycles. The molecule has 0 fully saturated rings. The van der Waals surface area contributed by atoms with Crippen molar-refractivity contribution in [3.63, 3.8) is 0 Å². The minimum absolute atomic E-state index is 0.104. The molecule has 0 saturated heterocycles. The topological polar surface area (TPSA) is 82.0 Å². The molecule has 0 aliphatic rings. The van der Waals surface area contributed by atoms with Crippen molar-refractivity contribution in [2.24, 2.45) is 5.73 Å². The number of aromatic nitrogens is 1. The Morgan fingerprint density at radius 2 is 2.29 bits per heavy atom. The normalized spacial score (nSPS) is 10.6. The lowest BCUT2D eigenvalue weighted by molar-refractivity contribution is -0.385. The minimum Gasteiger partial charge on any atom is -0.326 e. The van der Waals surface area contributed by atoms with Crippen LogP contribution in [0.25, 0.3) is 0 Å². The van der Waals surface area contributed by atoms with Gasteiger partial charge in [-0.05, 0) is 0 Å². The molecular formula is C7H7F2N3O2. The zero-order chi connectivity index (χ0) is 10.7. The fraction of sp³-hybridized carbons (Fsp3) is 0.286. The molecule has 0 aliphatic carbocycles. The van der Waals surface area contributed by atoms with Crippen LogP contribution >= 0.6 is 0 Å². The summed E-state index contributed by atoms with van der Waals surface area (Å²) in [7, 11) is 0. The highest BCUT2D eigenvalue weighted by Gasteiger charge is 2.18. The van der Waals surface area contributed by atoms with Crippen molar-refractivity contribution in [1.82, 2.24) is 4.98 Å². The zero-order valence-electron chi connectivity index (χ0n) is 6.98. The highest BCUT2D eigenvalue weighted by atomic mass is 19.3. The Kier molecular flexibility index (Phi) is 3.03. The average molecular weight is 203 g/mol. The quantitative estimate of drug-likeness (QED) is 0.594. The van der Waals surface area contributed by atoms with Gasteiger partial charge in [0, 0.05) is 18.8 Å². The average Bonchev–Trinajstić information content (AvgIpc) is 2.16. The van der Waals surface area contributed by atoms with Crippen LogP contribution in [-0.2, 0) is 6.54 Å². The van der Waals surface area contributed by atoms with Crippen LogP contribution in [0.3, 0.4) is 0 Å². The third-order valence-corrected chi connectivity index (χ3v) is 1.62. The van der Waals surface area contributed by atoms with Gasteiger partial charge in [-0.15, -0.1) is 0 Å². The van der Waals surface area contributed by atoms with Gasteiger partial charge in [-0.3, -0.25) is 15.1 Å². The predicted octanol–water partition coefficient (Wildman–Crippen LogP) is 1.39. The molecule has 0 atom stereocenters. The number of alkyl halides is 2. The summed E-state index contributed by atoms with van der Waals surface area (Å²) in [5.74, 6) is 0. The van der Waals surface area contributed by atoms with E-state index in [4.69, 9.17) is 5.73 Å². The summed E-state index contributed by atoms with van der Waals surface area (Å²) in [4.78, 5) is 13.0. The highest BCUT2D eigenvalue weighted by molar-refractivity contribution is 5.39. The van der Waals surface area contributed by atoms with Gasteiger partial charge in [-0.2, -0.15) is 0 Å². The second-order valence-corrected chi connectivity index (χ2v) is 2.50. The van der Waals surface area contributed by atoms with Crippen molar-refractivity contribution in [2.45, 2.75) is 13.0 Å². The molecule has 0 spiro atoms.